The van der Waals surface area contributed by atoms with Crippen LogP contribution in [0.2, 0.25) is 0 Å². The van der Waals surface area contributed by atoms with E-state index in [1.54, 1.807) is 11.3 Å². The number of rotatable bonds is 8. The Balaban J connectivity index is 1.87. The number of hydrogen-bond donors (Lipinski definition) is 1. The number of aryl methyl sites for hydroxylation is 1. The Morgan fingerprint density at radius 3 is 2.90 bits per heavy atom. The molecule has 0 aliphatic heterocycles. The Bertz CT molecular complexity index is 505. The first-order valence-corrected chi connectivity index (χ1v) is 8.06. The molecule has 2 heterocycles. The fourth-order valence-corrected chi connectivity index (χ4v) is 3.02. The monoisotopic (exact) mass is 292 g/mol. The van der Waals surface area contributed by atoms with E-state index >= 15 is 0 Å². The second-order valence-electron chi connectivity index (χ2n) is 5.22. The Kier molecular flexibility index (Phi) is 5.83. The highest BCUT2D eigenvalue weighted by molar-refractivity contribution is 7.09. The summed E-state index contributed by atoms with van der Waals surface area (Å²) in [6.45, 7) is 8.01. The molecule has 110 valence electrons. The van der Waals surface area contributed by atoms with Crippen LogP contribution in [0.4, 0.5) is 0 Å². The summed E-state index contributed by atoms with van der Waals surface area (Å²) in [5.41, 5.74) is 1.28. The molecule has 0 spiro atoms. The zero-order chi connectivity index (χ0) is 14.4. The summed E-state index contributed by atoms with van der Waals surface area (Å²) in [6.07, 6.45) is 1.16. The van der Waals surface area contributed by atoms with Crippen molar-refractivity contribution in [3.8, 4) is 0 Å². The van der Waals surface area contributed by atoms with Crippen LogP contribution in [0.15, 0.2) is 28.0 Å². The van der Waals surface area contributed by atoms with Gasteiger partial charge in [-0.1, -0.05) is 13.0 Å². The molecule has 20 heavy (non-hydrogen) atoms. The molecule has 0 amide bonds. The number of nitrogens with zero attached hydrogens (tertiary/aromatic N) is 1. The minimum Gasteiger partial charge on any atom is -0.465 e. The summed E-state index contributed by atoms with van der Waals surface area (Å²) in [6, 6.07) is 6.46. The van der Waals surface area contributed by atoms with Gasteiger partial charge in [-0.25, -0.2) is 0 Å². The average molecular weight is 292 g/mol. The lowest BCUT2D eigenvalue weighted by Gasteiger charge is -2.13. The van der Waals surface area contributed by atoms with Crippen LogP contribution in [0, 0.1) is 6.92 Å². The number of thiophene rings is 1. The van der Waals surface area contributed by atoms with Crippen LogP contribution in [-0.4, -0.2) is 18.5 Å². The molecule has 0 fully saturated rings. The summed E-state index contributed by atoms with van der Waals surface area (Å²) in [7, 11) is 2.13. The number of hydrogen-bond acceptors (Lipinski definition) is 4. The lowest BCUT2D eigenvalue weighted by molar-refractivity contribution is 0.287. The van der Waals surface area contributed by atoms with Gasteiger partial charge >= 0.3 is 0 Å². The third-order valence-electron chi connectivity index (χ3n) is 3.25. The summed E-state index contributed by atoms with van der Waals surface area (Å²) in [5.74, 6) is 2.09. The van der Waals surface area contributed by atoms with E-state index in [2.05, 4.69) is 47.8 Å². The second-order valence-corrected chi connectivity index (χ2v) is 6.25. The third-order valence-corrected chi connectivity index (χ3v) is 4.11. The van der Waals surface area contributed by atoms with Crippen molar-refractivity contribution >= 4 is 11.3 Å². The second kappa shape index (κ2) is 7.62. The molecule has 1 N–H and O–H groups in total. The van der Waals surface area contributed by atoms with Gasteiger partial charge in [0.15, 0.2) is 0 Å². The molecule has 3 nitrogen and oxygen atoms in total. The van der Waals surface area contributed by atoms with Crippen molar-refractivity contribution in [3.63, 3.8) is 0 Å². The van der Waals surface area contributed by atoms with Gasteiger partial charge in [0, 0.05) is 23.5 Å². The van der Waals surface area contributed by atoms with Crippen molar-refractivity contribution in [2.24, 2.45) is 0 Å². The SMILES string of the molecule is CCCNCc1cc(CN(C)Cc2cccs2)oc1C. The first-order valence-electron chi connectivity index (χ1n) is 7.19. The Morgan fingerprint density at radius 1 is 1.35 bits per heavy atom. The van der Waals surface area contributed by atoms with Gasteiger partial charge in [0.1, 0.15) is 11.5 Å². The number of furan rings is 1. The zero-order valence-corrected chi connectivity index (χ0v) is 13.4. The maximum Gasteiger partial charge on any atom is 0.118 e. The first-order chi connectivity index (χ1) is 9.69. The molecule has 0 aliphatic rings. The lowest BCUT2D eigenvalue weighted by atomic mass is 10.2. The molecular formula is C16H24N2OS. The van der Waals surface area contributed by atoms with Crippen LogP contribution in [0.25, 0.3) is 0 Å². The van der Waals surface area contributed by atoms with Gasteiger partial charge in [-0.3, -0.25) is 4.90 Å². The van der Waals surface area contributed by atoms with Crippen LogP contribution in [0.5, 0.6) is 0 Å². The van der Waals surface area contributed by atoms with Crippen LogP contribution < -0.4 is 5.32 Å². The van der Waals surface area contributed by atoms with Crippen molar-refractivity contribution in [2.45, 2.75) is 39.9 Å². The maximum atomic E-state index is 5.86. The molecule has 0 saturated heterocycles. The summed E-state index contributed by atoms with van der Waals surface area (Å²) >= 11 is 1.80. The zero-order valence-electron chi connectivity index (χ0n) is 12.6. The predicted octanol–water partition coefficient (Wildman–Crippen LogP) is 3.78. The molecule has 0 bridgehead atoms. The summed E-state index contributed by atoms with van der Waals surface area (Å²) < 4.78 is 5.86. The van der Waals surface area contributed by atoms with Crippen molar-refractivity contribution in [3.05, 3.63) is 45.5 Å². The van der Waals surface area contributed by atoms with Crippen molar-refractivity contribution in [1.82, 2.24) is 10.2 Å². The molecule has 2 rings (SSSR count). The van der Waals surface area contributed by atoms with Crippen LogP contribution in [0.1, 0.15) is 35.3 Å². The highest BCUT2D eigenvalue weighted by atomic mass is 32.1. The standard InChI is InChI=1S/C16H24N2OS/c1-4-7-17-10-14-9-15(19-13(14)2)11-18(3)12-16-6-5-8-20-16/h5-6,8-9,17H,4,7,10-12H2,1-3H3. The minimum absolute atomic E-state index is 0.854. The highest BCUT2D eigenvalue weighted by Gasteiger charge is 2.10. The van der Waals surface area contributed by atoms with Gasteiger partial charge in [0.25, 0.3) is 0 Å². The maximum absolute atomic E-state index is 5.86. The highest BCUT2D eigenvalue weighted by Crippen LogP contribution is 2.18. The van der Waals surface area contributed by atoms with E-state index in [1.807, 2.05) is 6.92 Å². The molecule has 0 aliphatic carbocycles. The summed E-state index contributed by atoms with van der Waals surface area (Å²) in [4.78, 5) is 3.67. The summed E-state index contributed by atoms with van der Waals surface area (Å²) in [5, 5.41) is 5.55. The van der Waals surface area contributed by atoms with E-state index in [1.165, 1.54) is 10.4 Å². The average Bonchev–Trinajstić information content (AvgIpc) is 3.00. The Labute approximate surface area is 125 Å². The Morgan fingerprint density at radius 2 is 2.20 bits per heavy atom. The van der Waals surface area contributed by atoms with Gasteiger partial charge in [-0.2, -0.15) is 0 Å². The number of nitrogens with one attached hydrogen (secondary N) is 1. The molecule has 2 aromatic rings. The predicted molar refractivity (Wildman–Crippen MR) is 84.9 cm³/mol. The van der Waals surface area contributed by atoms with Crippen molar-refractivity contribution in [2.75, 3.05) is 13.6 Å². The molecule has 4 heteroatoms. The topological polar surface area (TPSA) is 28.4 Å². The quantitative estimate of drug-likeness (QED) is 0.751. The van der Waals surface area contributed by atoms with Crippen LogP contribution in [0.3, 0.4) is 0 Å². The van der Waals surface area contributed by atoms with Gasteiger partial charge < -0.3 is 9.73 Å². The van der Waals surface area contributed by atoms with E-state index in [0.717, 1.165) is 44.1 Å². The largest absolute Gasteiger partial charge is 0.465 e. The fourth-order valence-electron chi connectivity index (χ4n) is 2.23. The van der Waals surface area contributed by atoms with E-state index in [4.69, 9.17) is 4.42 Å². The molecule has 0 radical (unpaired) electrons. The smallest absolute Gasteiger partial charge is 0.118 e. The fraction of sp³-hybridized carbons (Fsp3) is 0.500. The third kappa shape index (κ3) is 4.47. The molecule has 0 aromatic carbocycles. The van der Waals surface area contributed by atoms with Gasteiger partial charge in [0.2, 0.25) is 0 Å². The lowest BCUT2D eigenvalue weighted by Crippen LogP contribution is -2.16. The van der Waals surface area contributed by atoms with E-state index in [9.17, 15) is 0 Å². The molecule has 0 unspecified atom stereocenters. The molecular weight excluding hydrogens is 268 g/mol. The Hall–Kier alpha value is -1.10. The van der Waals surface area contributed by atoms with E-state index in [0.29, 0.717) is 0 Å². The molecule has 0 saturated carbocycles. The van der Waals surface area contributed by atoms with Crippen molar-refractivity contribution < 1.29 is 4.42 Å². The van der Waals surface area contributed by atoms with Crippen molar-refractivity contribution in [1.29, 1.82) is 0 Å². The van der Waals surface area contributed by atoms with E-state index < -0.39 is 0 Å². The normalized spacial score (nSPS) is 11.4. The minimum atomic E-state index is 0.854. The molecule has 0 atom stereocenters. The van der Waals surface area contributed by atoms with E-state index in [-0.39, 0.29) is 0 Å². The van der Waals surface area contributed by atoms with Gasteiger partial charge in [0.05, 0.1) is 6.54 Å². The van der Waals surface area contributed by atoms with Crippen LogP contribution >= 0.6 is 11.3 Å². The van der Waals surface area contributed by atoms with Gasteiger partial charge in [-0.15, -0.1) is 11.3 Å². The van der Waals surface area contributed by atoms with Gasteiger partial charge in [-0.05, 0) is 44.4 Å². The van der Waals surface area contributed by atoms with Crippen LogP contribution in [-0.2, 0) is 19.6 Å². The first kappa shape index (κ1) is 15.3. The molecule has 2 aromatic heterocycles.